The second-order valence-corrected chi connectivity index (χ2v) is 9.54. The molecule has 0 radical (unpaired) electrons. The van der Waals surface area contributed by atoms with E-state index in [0.29, 0.717) is 12.8 Å². The van der Waals surface area contributed by atoms with Crippen LogP contribution in [0.1, 0.15) is 58.8 Å². The van der Waals surface area contributed by atoms with Gasteiger partial charge in [0.2, 0.25) is 5.91 Å². The number of nitrogens with one attached hydrogen (secondary N) is 1. The van der Waals surface area contributed by atoms with Crippen molar-refractivity contribution >= 4 is 11.9 Å². The maximum atomic E-state index is 11.9. The summed E-state index contributed by atoms with van der Waals surface area (Å²) in [7, 11) is 1.37. The SMILES string of the molecule is COC(=O)CCCCCCCCO[C@@H]1O[C@H](CO)[C@@H](O)[C@H](O[C@@H]2O[C@H](C)[C@H](O)[C@H](O)[C@H]2O)[C@H]1NC(C)=O. The lowest BCUT2D eigenvalue weighted by Gasteiger charge is -2.47. The van der Waals surface area contributed by atoms with Crippen molar-refractivity contribution in [2.75, 3.05) is 20.3 Å². The number of carbonyl (C=O) groups is 2. The Morgan fingerprint density at radius 3 is 2.14 bits per heavy atom. The van der Waals surface area contributed by atoms with Gasteiger partial charge in [0.1, 0.15) is 42.7 Å². The fourth-order valence-electron chi connectivity index (χ4n) is 4.42. The number of aliphatic hydroxyl groups is 5. The van der Waals surface area contributed by atoms with E-state index < -0.39 is 73.9 Å². The van der Waals surface area contributed by atoms with Crippen LogP contribution in [0.25, 0.3) is 0 Å². The molecule has 1 amide bonds. The second-order valence-electron chi connectivity index (χ2n) is 9.54. The van der Waals surface area contributed by atoms with Gasteiger partial charge in [0.05, 0.1) is 19.8 Å². The summed E-state index contributed by atoms with van der Waals surface area (Å²) >= 11 is 0. The normalized spacial score (nSPS) is 36.2. The van der Waals surface area contributed by atoms with E-state index in [9.17, 15) is 35.1 Å². The minimum absolute atomic E-state index is 0.212. The summed E-state index contributed by atoms with van der Waals surface area (Å²) in [5.41, 5.74) is 0. The molecule has 6 N–H and O–H groups in total. The minimum atomic E-state index is -1.63. The maximum absolute atomic E-state index is 11.9. The van der Waals surface area contributed by atoms with Gasteiger partial charge in [-0.1, -0.05) is 25.7 Å². The lowest BCUT2D eigenvalue weighted by Crippen LogP contribution is -2.67. The highest BCUT2D eigenvalue weighted by molar-refractivity contribution is 5.73. The molecule has 0 bridgehead atoms. The molecule has 2 saturated heterocycles. The zero-order valence-electron chi connectivity index (χ0n) is 21.7. The molecule has 2 rings (SSSR count). The first-order valence-corrected chi connectivity index (χ1v) is 12.9. The monoisotopic (exact) mass is 537 g/mol. The fraction of sp³-hybridized carbons (Fsp3) is 0.917. The summed E-state index contributed by atoms with van der Waals surface area (Å²) in [6.45, 7) is 2.47. The predicted molar refractivity (Wildman–Crippen MR) is 127 cm³/mol. The zero-order valence-corrected chi connectivity index (χ0v) is 21.7. The molecule has 0 spiro atoms. The number of amides is 1. The Kier molecular flexibility index (Phi) is 13.6. The highest BCUT2D eigenvalue weighted by Gasteiger charge is 2.51. The molecule has 2 aliphatic heterocycles. The number of hydrogen-bond acceptors (Lipinski definition) is 12. The second kappa shape index (κ2) is 15.9. The van der Waals surface area contributed by atoms with Crippen LogP contribution in [0.5, 0.6) is 0 Å². The van der Waals surface area contributed by atoms with Gasteiger partial charge in [-0.05, 0) is 19.8 Å². The van der Waals surface area contributed by atoms with Crippen LogP contribution in [-0.2, 0) is 33.3 Å². The molecule has 10 atom stereocenters. The van der Waals surface area contributed by atoms with Crippen LogP contribution >= 0.6 is 0 Å². The Morgan fingerprint density at radius 2 is 1.51 bits per heavy atom. The predicted octanol–water partition coefficient (Wildman–Crippen LogP) is -1.30. The van der Waals surface area contributed by atoms with Crippen molar-refractivity contribution in [3.63, 3.8) is 0 Å². The van der Waals surface area contributed by atoms with Crippen molar-refractivity contribution in [1.29, 1.82) is 0 Å². The average molecular weight is 538 g/mol. The highest BCUT2D eigenvalue weighted by atomic mass is 16.7. The van der Waals surface area contributed by atoms with E-state index in [1.807, 2.05) is 0 Å². The van der Waals surface area contributed by atoms with Crippen LogP contribution in [0.3, 0.4) is 0 Å². The standard InChI is InChI=1S/C24H43NO12/c1-13-18(29)20(31)21(32)24(35-13)37-22-17(25-14(2)27)23(36-15(12-26)19(22)30)34-11-9-7-5-4-6-8-10-16(28)33-3/h13,15,17-24,26,29-32H,4-12H2,1-3H3,(H,25,27)/t13-,15-,17-,18+,19-,20+,21-,22-,23-,24+/m1/s1. The number of ether oxygens (including phenoxy) is 5. The summed E-state index contributed by atoms with van der Waals surface area (Å²) in [5.74, 6) is -0.664. The van der Waals surface area contributed by atoms with Gasteiger partial charge in [-0.2, -0.15) is 0 Å². The number of rotatable bonds is 14. The summed E-state index contributed by atoms with van der Waals surface area (Å²) in [5, 5.41) is 53.6. The lowest BCUT2D eigenvalue weighted by atomic mass is 9.95. The van der Waals surface area contributed by atoms with Gasteiger partial charge in [0, 0.05) is 20.0 Å². The van der Waals surface area contributed by atoms with Crippen molar-refractivity contribution in [3.05, 3.63) is 0 Å². The first kappa shape index (κ1) is 31.8. The van der Waals surface area contributed by atoms with Crippen LogP contribution < -0.4 is 5.32 Å². The molecule has 0 unspecified atom stereocenters. The molecule has 2 heterocycles. The fourth-order valence-corrected chi connectivity index (χ4v) is 4.42. The molecule has 2 aliphatic rings. The van der Waals surface area contributed by atoms with Crippen molar-refractivity contribution in [2.24, 2.45) is 0 Å². The molecule has 216 valence electrons. The van der Waals surface area contributed by atoms with Gasteiger partial charge in [0.15, 0.2) is 12.6 Å². The van der Waals surface area contributed by atoms with Crippen LogP contribution in [0.2, 0.25) is 0 Å². The van der Waals surface area contributed by atoms with Crippen LogP contribution in [0.15, 0.2) is 0 Å². The third-order valence-electron chi connectivity index (χ3n) is 6.61. The van der Waals surface area contributed by atoms with E-state index in [4.69, 9.17) is 18.9 Å². The summed E-state index contributed by atoms with van der Waals surface area (Å²) in [6.07, 6.45) is -6.11. The van der Waals surface area contributed by atoms with E-state index in [2.05, 4.69) is 10.1 Å². The topological polar surface area (TPSA) is 193 Å². The smallest absolute Gasteiger partial charge is 0.305 e. The summed E-state index contributed by atoms with van der Waals surface area (Å²) in [6, 6.07) is -1.02. The van der Waals surface area contributed by atoms with E-state index in [1.54, 1.807) is 0 Å². The number of carbonyl (C=O) groups excluding carboxylic acids is 2. The van der Waals surface area contributed by atoms with E-state index >= 15 is 0 Å². The third kappa shape index (κ3) is 9.37. The molecular weight excluding hydrogens is 494 g/mol. The zero-order chi connectivity index (χ0) is 27.5. The largest absolute Gasteiger partial charge is 0.469 e. The number of aliphatic hydroxyl groups excluding tert-OH is 5. The quantitative estimate of drug-likeness (QED) is 0.113. The average Bonchev–Trinajstić information content (AvgIpc) is 2.87. The maximum Gasteiger partial charge on any atom is 0.305 e. The van der Waals surface area contributed by atoms with Crippen molar-refractivity contribution in [2.45, 2.75) is 120 Å². The van der Waals surface area contributed by atoms with Gasteiger partial charge in [-0.15, -0.1) is 0 Å². The molecule has 2 fully saturated rings. The van der Waals surface area contributed by atoms with Crippen LogP contribution in [0, 0.1) is 0 Å². The van der Waals surface area contributed by atoms with Crippen molar-refractivity contribution in [1.82, 2.24) is 5.32 Å². The molecule has 13 nitrogen and oxygen atoms in total. The molecule has 13 heteroatoms. The van der Waals surface area contributed by atoms with Crippen molar-refractivity contribution < 1.29 is 58.8 Å². The Morgan fingerprint density at radius 1 is 0.865 bits per heavy atom. The number of hydrogen-bond donors (Lipinski definition) is 6. The molecule has 0 aromatic rings. The number of esters is 1. The summed E-state index contributed by atoms with van der Waals surface area (Å²) in [4.78, 5) is 23.1. The van der Waals surface area contributed by atoms with E-state index in [-0.39, 0.29) is 12.6 Å². The van der Waals surface area contributed by atoms with Crippen LogP contribution in [-0.4, -0.2) is 119 Å². The Bertz CT molecular complexity index is 697. The Balaban J connectivity index is 1.95. The summed E-state index contributed by atoms with van der Waals surface area (Å²) < 4.78 is 27.5. The van der Waals surface area contributed by atoms with E-state index in [1.165, 1.54) is 21.0 Å². The van der Waals surface area contributed by atoms with Gasteiger partial charge in [0.25, 0.3) is 0 Å². The van der Waals surface area contributed by atoms with Gasteiger partial charge in [-0.3, -0.25) is 9.59 Å². The van der Waals surface area contributed by atoms with Crippen LogP contribution in [0.4, 0.5) is 0 Å². The molecule has 37 heavy (non-hydrogen) atoms. The third-order valence-corrected chi connectivity index (χ3v) is 6.61. The number of methoxy groups -OCH3 is 1. The Hall–Kier alpha value is -1.42. The number of unbranched alkanes of at least 4 members (excludes halogenated alkanes) is 5. The molecular formula is C24H43NO12. The molecule has 0 aromatic heterocycles. The first-order valence-electron chi connectivity index (χ1n) is 12.9. The lowest BCUT2D eigenvalue weighted by molar-refractivity contribution is -0.341. The first-order chi connectivity index (χ1) is 17.6. The van der Waals surface area contributed by atoms with Crippen molar-refractivity contribution in [3.8, 4) is 0 Å². The molecule has 0 aliphatic carbocycles. The molecule has 0 saturated carbocycles. The van der Waals surface area contributed by atoms with Gasteiger partial charge >= 0.3 is 5.97 Å². The molecule has 0 aromatic carbocycles. The van der Waals surface area contributed by atoms with Gasteiger partial charge < -0.3 is 54.5 Å². The highest BCUT2D eigenvalue weighted by Crippen LogP contribution is 2.29. The van der Waals surface area contributed by atoms with E-state index in [0.717, 1.165) is 32.1 Å². The Labute approximate surface area is 217 Å². The minimum Gasteiger partial charge on any atom is -0.469 e. The van der Waals surface area contributed by atoms with Gasteiger partial charge in [-0.25, -0.2) is 0 Å².